The average Bonchev–Trinajstić information content (AvgIpc) is 3.04. The predicted molar refractivity (Wildman–Crippen MR) is 73.4 cm³/mol. The summed E-state index contributed by atoms with van der Waals surface area (Å²) in [4.78, 5) is 33.3. The number of thiazole rings is 1. The fraction of sp³-hybridized carbons (Fsp3) is 0.333. The zero-order valence-corrected chi connectivity index (χ0v) is 11.7. The summed E-state index contributed by atoms with van der Waals surface area (Å²) in [5.41, 5.74) is 1.38. The Morgan fingerprint density at radius 2 is 2.25 bits per heavy atom. The van der Waals surface area contributed by atoms with E-state index in [1.807, 2.05) is 4.57 Å². The van der Waals surface area contributed by atoms with Gasteiger partial charge in [-0.25, -0.2) is 9.97 Å². The van der Waals surface area contributed by atoms with Gasteiger partial charge in [0, 0.05) is 31.6 Å². The van der Waals surface area contributed by atoms with Crippen molar-refractivity contribution in [2.24, 2.45) is 0 Å². The molecule has 0 atom stereocenters. The highest BCUT2D eigenvalue weighted by atomic mass is 32.1. The highest BCUT2D eigenvalue weighted by Gasteiger charge is 2.23. The van der Waals surface area contributed by atoms with Gasteiger partial charge in [-0.3, -0.25) is 9.59 Å². The number of carbonyl (C=O) groups is 2. The molecule has 0 aromatic carbocycles. The van der Waals surface area contributed by atoms with Crippen molar-refractivity contribution in [3.63, 3.8) is 0 Å². The number of amides is 2. The van der Waals surface area contributed by atoms with Crippen LogP contribution in [0.2, 0.25) is 0 Å². The van der Waals surface area contributed by atoms with E-state index in [9.17, 15) is 9.59 Å². The molecule has 2 amide bonds. The van der Waals surface area contributed by atoms with Crippen LogP contribution in [0, 0.1) is 0 Å². The molecule has 104 valence electrons. The van der Waals surface area contributed by atoms with Crippen LogP contribution in [0.5, 0.6) is 0 Å². The van der Waals surface area contributed by atoms with Gasteiger partial charge < -0.3 is 14.8 Å². The van der Waals surface area contributed by atoms with Crippen molar-refractivity contribution in [3.05, 3.63) is 29.3 Å². The summed E-state index contributed by atoms with van der Waals surface area (Å²) in [6.07, 6.45) is 3.54. The van der Waals surface area contributed by atoms with Crippen LogP contribution in [0.4, 0.5) is 5.13 Å². The maximum absolute atomic E-state index is 12.4. The minimum Gasteiger partial charge on any atom is -0.331 e. The molecule has 1 aliphatic rings. The van der Waals surface area contributed by atoms with E-state index in [-0.39, 0.29) is 11.8 Å². The van der Waals surface area contributed by atoms with E-state index >= 15 is 0 Å². The van der Waals surface area contributed by atoms with Crippen molar-refractivity contribution in [3.8, 4) is 0 Å². The lowest BCUT2D eigenvalue weighted by Gasteiger charge is -2.27. The lowest BCUT2D eigenvalue weighted by molar-refractivity contribution is -0.114. The smallest absolute Gasteiger partial charge is 0.273 e. The van der Waals surface area contributed by atoms with Gasteiger partial charge in [0.05, 0.1) is 18.6 Å². The molecular formula is C12H13N5O2S. The van der Waals surface area contributed by atoms with Gasteiger partial charge in [-0.15, -0.1) is 11.3 Å². The van der Waals surface area contributed by atoms with E-state index in [0.29, 0.717) is 23.9 Å². The molecule has 20 heavy (non-hydrogen) atoms. The quantitative estimate of drug-likeness (QED) is 0.893. The number of aromatic nitrogens is 3. The van der Waals surface area contributed by atoms with Crippen LogP contribution < -0.4 is 5.32 Å². The number of anilines is 1. The van der Waals surface area contributed by atoms with E-state index in [1.165, 1.54) is 18.3 Å². The van der Waals surface area contributed by atoms with Crippen molar-refractivity contribution >= 4 is 28.3 Å². The van der Waals surface area contributed by atoms with Gasteiger partial charge in [-0.05, 0) is 0 Å². The summed E-state index contributed by atoms with van der Waals surface area (Å²) < 4.78 is 2.04. The molecule has 3 rings (SSSR count). The molecule has 0 aliphatic carbocycles. The normalized spacial score (nSPS) is 13.9. The summed E-state index contributed by atoms with van der Waals surface area (Å²) in [7, 11) is 0. The number of nitrogens with one attached hydrogen (secondary N) is 1. The molecule has 1 N–H and O–H groups in total. The first-order valence-electron chi connectivity index (χ1n) is 6.15. The van der Waals surface area contributed by atoms with Crippen molar-refractivity contribution in [1.82, 2.24) is 19.4 Å². The van der Waals surface area contributed by atoms with Crippen LogP contribution in [-0.2, 0) is 17.9 Å². The average molecular weight is 291 g/mol. The molecule has 1 aliphatic heterocycles. The fourth-order valence-corrected chi connectivity index (χ4v) is 2.83. The second-order valence-electron chi connectivity index (χ2n) is 4.52. The molecule has 7 nitrogen and oxygen atoms in total. The Morgan fingerprint density at radius 3 is 3.05 bits per heavy atom. The third kappa shape index (κ3) is 2.42. The maximum atomic E-state index is 12.4. The minimum absolute atomic E-state index is 0.120. The van der Waals surface area contributed by atoms with Gasteiger partial charge in [0.15, 0.2) is 5.13 Å². The number of hydrogen-bond donors (Lipinski definition) is 1. The predicted octanol–water partition coefficient (Wildman–Crippen LogP) is 0.954. The molecule has 0 saturated heterocycles. The lowest BCUT2D eigenvalue weighted by Crippen LogP contribution is -2.38. The highest BCUT2D eigenvalue weighted by molar-refractivity contribution is 7.14. The van der Waals surface area contributed by atoms with Crippen LogP contribution >= 0.6 is 11.3 Å². The van der Waals surface area contributed by atoms with Crippen LogP contribution in [0.3, 0.4) is 0 Å². The zero-order valence-electron chi connectivity index (χ0n) is 10.9. The highest BCUT2D eigenvalue weighted by Crippen LogP contribution is 2.19. The molecule has 0 saturated carbocycles. The van der Waals surface area contributed by atoms with Crippen LogP contribution in [-0.4, -0.2) is 37.8 Å². The number of rotatable bonds is 2. The number of hydrogen-bond acceptors (Lipinski definition) is 5. The fourth-order valence-electron chi connectivity index (χ4n) is 2.10. The molecule has 0 unspecified atom stereocenters. The molecule has 0 bridgehead atoms. The monoisotopic (exact) mass is 291 g/mol. The summed E-state index contributed by atoms with van der Waals surface area (Å²) in [6, 6.07) is 0. The third-order valence-corrected chi connectivity index (χ3v) is 3.81. The standard InChI is InChI=1S/C12H13N5O2S/c1-8(18)14-12-15-10(6-20-12)11(19)16-2-3-17-7-13-4-9(17)5-16/h4,6-7H,2-3,5H2,1H3,(H,14,15,18). The van der Waals surface area contributed by atoms with Gasteiger partial charge in [-0.1, -0.05) is 0 Å². The Hall–Kier alpha value is -2.22. The number of carbonyl (C=O) groups excluding carboxylic acids is 2. The van der Waals surface area contributed by atoms with Gasteiger partial charge >= 0.3 is 0 Å². The summed E-state index contributed by atoms with van der Waals surface area (Å²) in [5, 5.41) is 4.69. The van der Waals surface area contributed by atoms with E-state index in [4.69, 9.17) is 0 Å². The van der Waals surface area contributed by atoms with Gasteiger partial charge in [-0.2, -0.15) is 0 Å². The Kier molecular flexibility index (Phi) is 3.23. The Bertz CT molecular complexity index is 662. The van der Waals surface area contributed by atoms with Crippen molar-refractivity contribution < 1.29 is 9.59 Å². The number of imidazole rings is 1. The minimum atomic E-state index is -0.194. The molecular weight excluding hydrogens is 278 g/mol. The lowest BCUT2D eigenvalue weighted by atomic mass is 10.3. The van der Waals surface area contributed by atoms with Gasteiger partial charge in [0.2, 0.25) is 5.91 Å². The largest absolute Gasteiger partial charge is 0.331 e. The number of nitrogens with zero attached hydrogens (tertiary/aromatic N) is 4. The van der Waals surface area contributed by atoms with Crippen molar-refractivity contribution in [2.45, 2.75) is 20.0 Å². The number of fused-ring (bicyclic) bond motifs is 1. The van der Waals surface area contributed by atoms with Crippen LogP contribution in [0.15, 0.2) is 17.9 Å². The topological polar surface area (TPSA) is 80.1 Å². The van der Waals surface area contributed by atoms with Crippen LogP contribution in [0.1, 0.15) is 23.1 Å². The first-order valence-corrected chi connectivity index (χ1v) is 7.03. The second kappa shape index (κ2) is 5.04. The summed E-state index contributed by atoms with van der Waals surface area (Å²) >= 11 is 1.25. The summed E-state index contributed by atoms with van der Waals surface area (Å²) in [5.74, 6) is -0.314. The van der Waals surface area contributed by atoms with Crippen molar-refractivity contribution in [2.75, 3.05) is 11.9 Å². The second-order valence-corrected chi connectivity index (χ2v) is 5.38. The van der Waals surface area contributed by atoms with E-state index < -0.39 is 0 Å². The Balaban J connectivity index is 1.73. The first kappa shape index (κ1) is 12.8. The molecule has 0 spiro atoms. The van der Waals surface area contributed by atoms with Crippen LogP contribution in [0.25, 0.3) is 0 Å². The third-order valence-electron chi connectivity index (χ3n) is 3.06. The SMILES string of the molecule is CC(=O)Nc1nc(C(=O)N2CCn3cncc3C2)cs1. The summed E-state index contributed by atoms with van der Waals surface area (Å²) in [6.45, 7) is 3.32. The van der Waals surface area contributed by atoms with E-state index in [2.05, 4.69) is 15.3 Å². The van der Waals surface area contributed by atoms with Gasteiger partial charge in [0.25, 0.3) is 5.91 Å². The molecule has 0 fully saturated rings. The molecule has 2 aromatic rings. The Labute approximate surface area is 119 Å². The maximum Gasteiger partial charge on any atom is 0.273 e. The molecule has 0 radical (unpaired) electrons. The van der Waals surface area contributed by atoms with Gasteiger partial charge in [0.1, 0.15) is 5.69 Å². The van der Waals surface area contributed by atoms with E-state index in [0.717, 1.165) is 12.2 Å². The van der Waals surface area contributed by atoms with E-state index in [1.54, 1.807) is 22.8 Å². The molecule has 3 heterocycles. The van der Waals surface area contributed by atoms with Crippen molar-refractivity contribution in [1.29, 1.82) is 0 Å². The zero-order chi connectivity index (χ0) is 14.1. The Morgan fingerprint density at radius 1 is 1.40 bits per heavy atom. The first-order chi connectivity index (χ1) is 9.63. The molecule has 2 aromatic heterocycles. The molecule has 8 heteroatoms.